The smallest absolute Gasteiger partial charge is 0.0687 e. The number of hydrogen-bond donors (Lipinski definition) is 3. The first kappa shape index (κ1) is 16.1. The van der Waals surface area contributed by atoms with Gasteiger partial charge in [0.1, 0.15) is 0 Å². The van der Waals surface area contributed by atoms with Crippen LogP contribution in [-0.4, -0.2) is 35.0 Å². The Bertz CT molecular complexity index is 552. The summed E-state index contributed by atoms with van der Waals surface area (Å²) in [6.07, 6.45) is 12.4. The molecule has 0 unspecified atom stereocenters. The van der Waals surface area contributed by atoms with Gasteiger partial charge >= 0.3 is 0 Å². The molecule has 0 aliphatic heterocycles. The molecule has 24 heavy (non-hydrogen) atoms. The second kappa shape index (κ2) is 4.78. The molecule has 0 amide bonds. The predicted octanol–water partition coefficient (Wildman–Crippen LogP) is 3.24. The highest BCUT2D eigenvalue weighted by atomic mass is 16.3. The lowest BCUT2D eigenvalue weighted by Crippen LogP contribution is -2.73. The zero-order chi connectivity index (χ0) is 16.8. The van der Waals surface area contributed by atoms with Crippen molar-refractivity contribution in [3.63, 3.8) is 0 Å². The van der Waals surface area contributed by atoms with E-state index >= 15 is 0 Å². The minimum Gasteiger partial charge on any atom is -0.392 e. The van der Waals surface area contributed by atoms with Gasteiger partial charge in [-0.25, -0.2) is 0 Å². The molecule has 136 valence electrons. The molecule has 3 heteroatoms. The zero-order valence-corrected chi connectivity index (χ0v) is 15.5. The minimum absolute atomic E-state index is 0.0123. The molecule has 2 spiro atoms. The van der Waals surface area contributed by atoms with Crippen LogP contribution in [-0.2, 0) is 0 Å². The lowest BCUT2D eigenvalue weighted by molar-refractivity contribution is -0.293. The van der Waals surface area contributed by atoms with Crippen LogP contribution in [0.4, 0.5) is 0 Å². The van der Waals surface area contributed by atoms with Crippen molar-refractivity contribution in [1.82, 2.24) is 5.32 Å². The third-order valence-corrected chi connectivity index (χ3v) is 9.74. The maximum atomic E-state index is 11.7. The molecular weight excluding hydrogens is 298 g/mol. The second-order valence-electron chi connectivity index (χ2n) is 10.6. The maximum Gasteiger partial charge on any atom is 0.0687 e. The van der Waals surface area contributed by atoms with Gasteiger partial charge in [-0.3, -0.25) is 0 Å². The molecule has 5 aliphatic rings. The molecule has 0 aromatic heterocycles. The zero-order valence-electron chi connectivity index (χ0n) is 15.5. The number of rotatable bonds is 1. The summed E-state index contributed by atoms with van der Waals surface area (Å²) in [6.45, 7) is 2.33. The van der Waals surface area contributed by atoms with E-state index in [9.17, 15) is 10.2 Å². The molecule has 5 aliphatic carbocycles. The molecule has 0 aromatic rings. The first-order valence-corrected chi connectivity index (χ1v) is 10.5. The fourth-order valence-corrected chi connectivity index (χ4v) is 9.09. The molecule has 0 heterocycles. The van der Waals surface area contributed by atoms with E-state index in [1.165, 1.54) is 38.5 Å². The van der Waals surface area contributed by atoms with Gasteiger partial charge in [-0.15, -0.1) is 0 Å². The van der Waals surface area contributed by atoms with Crippen molar-refractivity contribution in [2.24, 2.45) is 28.1 Å². The largest absolute Gasteiger partial charge is 0.392 e. The van der Waals surface area contributed by atoms with Crippen LogP contribution < -0.4 is 5.32 Å². The van der Waals surface area contributed by atoms with E-state index in [0.717, 1.165) is 38.0 Å². The lowest BCUT2D eigenvalue weighted by Gasteiger charge is -2.73. The van der Waals surface area contributed by atoms with Crippen LogP contribution in [0.2, 0.25) is 0 Å². The molecule has 2 bridgehead atoms. The first-order valence-electron chi connectivity index (χ1n) is 10.5. The average molecular weight is 334 g/mol. The molecule has 5 fully saturated rings. The number of hydrogen-bond acceptors (Lipinski definition) is 3. The van der Waals surface area contributed by atoms with Crippen LogP contribution in [0.15, 0.2) is 0 Å². The van der Waals surface area contributed by atoms with Gasteiger partial charge in [0.25, 0.3) is 0 Å². The Kier molecular flexibility index (Phi) is 3.20. The predicted molar refractivity (Wildman–Crippen MR) is 94.5 cm³/mol. The minimum atomic E-state index is -0.505. The van der Waals surface area contributed by atoms with Crippen LogP contribution in [0, 0.1) is 28.1 Å². The van der Waals surface area contributed by atoms with E-state index in [0.29, 0.717) is 17.4 Å². The third-order valence-electron chi connectivity index (χ3n) is 9.74. The van der Waals surface area contributed by atoms with Crippen molar-refractivity contribution < 1.29 is 10.2 Å². The summed E-state index contributed by atoms with van der Waals surface area (Å²) in [6, 6.07) is 0.624. The van der Waals surface area contributed by atoms with Gasteiger partial charge in [0, 0.05) is 11.5 Å². The molecule has 5 saturated carbocycles. The Morgan fingerprint density at radius 1 is 1.00 bits per heavy atom. The van der Waals surface area contributed by atoms with Crippen molar-refractivity contribution in [2.45, 2.75) is 95.3 Å². The van der Waals surface area contributed by atoms with E-state index in [2.05, 4.69) is 19.3 Å². The summed E-state index contributed by atoms with van der Waals surface area (Å²) in [5.74, 6) is 1.07. The monoisotopic (exact) mass is 333 g/mol. The van der Waals surface area contributed by atoms with E-state index in [-0.39, 0.29) is 16.9 Å². The molecule has 0 aromatic carbocycles. The van der Waals surface area contributed by atoms with Crippen molar-refractivity contribution in [3.05, 3.63) is 0 Å². The van der Waals surface area contributed by atoms with E-state index < -0.39 is 5.60 Å². The van der Waals surface area contributed by atoms with E-state index in [1.807, 2.05) is 0 Å². The summed E-state index contributed by atoms with van der Waals surface area (Å²) in [5.41, 5.74) is -0.0338. The molecule has 3 N–H and O–H groups in total. The Balaban J connectivity index is 1.62. The molecule has 3 nitrogen and oxygen atoms in total. The van der Waals surface area contributed by atoms with Crippen LogP contribution in [0.25, 0.3) is 0 Å². The van der Waals surface area contributed by atoms with Gasteiger partial charge in [0.05, 0.1) is 11.7 Å². The van der Waals surface area contributed by atoms with Gasteiger partial charge in [0.2, 0.25) is 0 Å². The molecule has 8 atom stereocenters. The molecule has 5 rings (SSSR count). The Morgan fingerprint density at radius 3 is 2.62 bits per heavy atom. The second-order valence-corrected chi connectivity index (χ2v) is 10.6. The van der Waals surface area contributed by atoms with E-state index in [4.69, 9.17) is 0 Å². The van der Waals surface area contributed by atoms with Crippen molar-refractivity contribution in [1.29, 1.82) is 0 Å². The van der Waals surface area contributed by atoms with E-state index in [1.54, 1.807) is 0 Å². The van der Waals surface area contributed by atoms with Gasteiger partial charge in [-0.1, -0.05) is 19.8 Å². The van der Waals surface area contributed by atoms with Crippen molar-refractivity contribution >= 4 is 0 Å². The molecule has 0 radical (unpaired) electrons. The fraction of sp³-hybridized carbons (Fsp3) is 1.00. The van der Waals surface area contributed by atoms with Crippen molar-refractivity contribution in [3.8, 4) is 0 Å². The quantitative estimate of drug-likeness (QED) is 0.690. The highest BCUT2D eigenvalue weighted by Gasteiger charge is 2.78. The highest BCUT2D eigenvalue weighted by Crippen LogP contribution is 2.80. The van der Waals surface area contributed by atoms with Gasteiger partial charge in [0.15, 0.2) is 0 Å². The summed E-state index contributed by atoms with van der Waals surface area (Å²) >= 11 is 0. The van der Waals surface area contributed by atoms with Gasteiger partial charge in [-0.05, 0) is 87.5 Å². The number of aliphatic hydroxyl groups excluding tert-OH is 1. The maximum absolute atomic E-state index is 11.7. The number of aliphatic hydroxyl groups is 2. The van der Waals surface area contributed by atoms with Crippen LogP contribution in [0.3, 0.4) is 0 Å². The standard InChI is InChI=1S/C21H35NO2/c1-18-7-4-9-20(24,13-18)16-11-19-8-3-5-14(19)15(22-2)6-10-21(16,19)17(23)12-18/h14-17,22-24H,3-13H2,1-2H3/t14-,15+,16-,17-,18-,19+,20+,21-/m0/s1. The molecular formula is C21H35NO2. The van der Waals surface area contributed by atoms with Gasteiger partial charge in [-0.2, -0.15) is 0 Å². The third kappa shape index (κ3) is 1.66. The van der Waals surface area contributed by atoms with Crippen LogP contribution in [0.1, 0.15) is 77.6 Å². The summed E-state index contributed by atoms with van der Waals surface area (Å²) in [5, 5.41) is 26.9. The Hall–Kier alpha value is -0.120. The number of nitrogens with one attached hydrogen (secondary N) is 1. The first-order chi connectivity index (χ1) is 11.4. The molecule has 0 saturated heterocycles. The summed E-state index contributed by atoms with van der Waals surface area (Å²) in [4.78, 5) is 0. The fourth-order valence-electron chi connectivity index (χ4n) is 9.09. The average Bonchev–Trinajstić information content (AvgIpc) is 2.93. The highest BCUT2D eigenvalue weighted by molar-refractivity contribution is 5.27. The van der Waals surface area contributed by atoms with Gasteiger partial charge < -0.3 is 15.5 Å². The Morgan fingerprint density at radius 2 is 1.83 bits per heavy atom. The number of fused-ring (bicyclic) bond motifs is 3. The van der Waals surface area contributed by atoms with Crippen LogP contribution >= 0.6 is 0 Å². The summed E-state index contributed by atoms with van der Waals surface area (Å²) in [7, 11) is 2.12. The van der Waals surface area contributed by atoms with Crippen molar-refractivity contribution in [2.75, 3.05) is 7.05 Å². The normalized spacial score (nSPS) is 62.0. The lowest BCUT2D eigenvalue weighted by atomic mass is 9.32. The SMILES string of the molecule is CN[C@@H]1CC[C@@]23[C@@H](O)C[C@]4(C)CCC[C@@](O)(C4)[C@@H]2C[C@@]32CCC[C@@H]12. The topological polar surface area (TPSA) is 52.5 Å². The summed E-state index contributed by atoms with van der Waals surface area (Å²) < 4.78 is 0. The van der Waals surface area contributed by atoms with Crippen LogP contribution in [0.5, 0.6) is 0 Å². The Labute approximate surface area is 146 Å².